The van der Waals surface area contributed by atoms with Gasteiger partial charge in [-0.15, -0.1) is 0 Å². The van der Waals surface area contributed by atoms with Crippen LogP contribution in [0.3, 0.4) is 0 Å². The summed E-state index contributed by atoms with van der Waals surface area (Å²) in [6.45, 7) is 0.115. The molecule has 0 saturated carbocycles. The number of aliphatic hydroxyl groups is 1. The Morgan fingerprint density at radius 1 is 1.05 bits per heavy atom. The summed E-state index contributed by atoms with van der Waals surface area (Å²) in [5.74, 6) is -0.281. The first-order chi connectivity index (χ1) is 10.3. The Hall–Kier alpha value is -2.53. The molecule has 3 rings (SSSR count). The van der Waals surface area contributed by atoms with Crippen molar-refractivity contribution in [1.82, 2.24) is 14.8 Å². The van der Waals surface area contributed by atoms with E-state index in [4.69, 9.17) is 0 Å². The van der Waals surface area contributed by atoms with Crippen LogP contribution >= 0.6 is 0 Å². The fraction of sp³-hybridized carbons (Fsp3) is 0.125. The number of benzene rings is 1. The number of aromatic nitrogens is 3. The van der Waals surface area contributed by atoms with Crippen LogP contribution in [0.25, 0.3) is 11.4 Å². The van der Waals surface area contributed by atoms with Gasteiger partial charge in [-0.05, 0) is 24.3 Å². The summed E-state index contributed by atoms with van der Waals surface area (Å²) in [7, 11) is 0. The zero-order valence-electron chi connectivity index (χ0n) is 11.3. The van der Waals surface area contributed by atoms with Crippen LogP contribution in [0.5, 0.6) is 0 Å². The monoisotopic (exact) mass is 283 g/mol. The summed E-state index contributed by atoms with van der Waals surface area (Å²) in [5.41, 5.74) is 2.54. The van der Waals surface area contributed by atoms with Crippen molar-refractivity contribution in [1.29, 1.82) is 0 Å². The Morgan fingerprint density at radius 2 is 1.86 bits per heavy atom. The van der Waals surface area contributed by atoms with E-state index in [9.17, 15) is 9.50 Å². The standard InChI is InChI=1S/C16H14FN3O/c17-14-6-2-1-5-12(14)10-20-13(11-21)9-16(19-20)15-7-3-4-8-18-15/h1-9,21H,10-11H2. The van der Waals surface area contributed by atoms with Crippen molar-refractivity contribution in [3.05, 3.63) is 71.8 Å². The molecule has 2 aromatic heterocycles. The number of aliphatic hydroxyl groups excluding tert-OH is 1. The molecule has 4 nitrogen and oxygen atoms in total. The van der Waals surface area contributed by atoms with Crippen molar-refractivity contribution >= 4 is 0 Å². The lowest BCUT2D eigenvalue weighted by molar-refractivity contribution is 0.269. The highest BCUT2D eigenvalue weighted by molar-refractivity contribution is 5.53. The van der Waals surface area contributed by atoms with Crippen LogP contribution in [0.15, 0.2) is 54.7 Å². The van der Waals surface area contributed by atoms with Gasteiger partial charge in [-0.25, -0.2) is 4.39 Å². The van der Waals surface area contributed by atoms with E-state index in [1.807, 2.05) is 18.2 Å². The van der Waals surface area contributed by atoms with E-state index in [0.717, 1.165) is 5.69 Å². The number of halogens is 1. The van der Waals surface area contributed by atoms with Gasteiger partial charge >= 0.3 is 0 Å². The van der Waals surface area contributed by atoms with Gasteiger partial charge in [0.25, 0.3) is 0 Å². The van der Waals surface area contributed by atoms with E-state index in [-0.39, 0.29) is 19.0 Å². The molecule has 0 spiro atoms. The van der Waals surface area contributed by atoms with Gasteiger partial charge in [0.15, 0.2) is 0 Å². The summed E-state index contributed by atoms with van der Waals surface area (Å²) in [5, 5.41) is 13.9. The second kappa shape index (κ2) is 5.85. The van der Waals surface area contributed by atoms with E-state index in [1.165, 1.54) is 6.07 Å². The average molecular weight is 283 g/mol. The zero-order valence-corrected chi connectivity index (χ0v) is 11.3. The minimum atomic E-state index is -0.281. The highest BCUT2D eigenvalue weighted by Crippen LogP contribution is 2.18. The quantitative estimate of drug-likeness (QED) is 0.800. The number of rotatable bonds is 4. The van der Waals surface area contributed by atoms with Crippen molar-refractivity contribution in [3.63, 3.8) is 0 Å². The summed E-state index contributed by atoms with van der Waals surface area (Å²) >= 11 is 0. The average Bonchev–Trinajstić information content (AvgIpc) is 2.93. The predicted octanol–water partition coefficient (Wildman–Crippen LogP) is 2.62. The van der Waals surface area contributed by atoms with Crippen LogP contribution in [0.2, 0.25) is 0 Å². The molecule has 0 bridgehead atoms. The summed E-state index contributed by atoms with van der Waals surface area (Å²) in [4.78, 5) is 4.23. The minimum absolute atomic E-state index is 0.158. The van der Waals surface area contributed by atoms with Gasteiger partial charge in [-0.3, -0.25) is 9.67 Å². The molecule has 2 heterocycles. The molecular formula is C16H14FN3O. The van der Waals surface area contributed by atoms with Gasteiger partial charge in [0, 0.05) is 11.8 Å². The van der Waals surface area contributed by atoms with Crippen LogP contribution < -0.4 is 0 Å². The van der Waals surface area contributed by atoms with Crippen LogP contribution in [0.1, 0.15) is 11.3 Å². The Morgan fingerprint density at radius 3 is 2.57 bits per heavy atom. The number of pyridine rings is 1. The lowest BCUT2D eigenvalue weighted by Gasteiger charge is -2.06. The first-order valence-electron chi connectivity index (χ1n) is 6.60. The van der Waals surface area contributed by atoms with E-state index in [2.05, 4.69) is 10.1 Å². The maximum absolute atomic E-state index is 13.7. The van der Waals surface area contributed by atoms with Crippen LogP contribution in [-0.2, 0) is 13.2 Å². The van der Waals surface area contributed by atoms with E-state index >= 15 is 0 Å². The Bertz CT molecular complexity index is 740. The maximum Gasteiger partial charge on any atom is 0.128 e. The third kappa shape index (κ3) is 2.83. The predicted molar refractivity (Wildman–Crippen MR) is 76.9 cm³/mol. The molecule has 0 aliphatic carbocycles. The molecule has 0 fully saturated rings. The number of hydrogen-bond acceptors (Lipinski definition) is 3. The SMILES string of the molecule is OCc1cc(-c2ccccn2)nn1Cc1ccccc1F. The molecule has 106 valence electrons. The van der Waals surface area contributed by atoms with Crippen molar-refractivity contribution in [2.24, 2.45) is 0 Å². The third-order valence-corrected chi connectivity index (χ3v) is 3.23. The molecular weight excluding hydrogens is 269 g/mol. The van der Waals surface area contributed by atoms with Gasteiger partial charge in [0.1, 0.15) is 11.5 Å². The molecule has 0 amide bonds. The summed E-state index contributed by atoms with van der Waals surface area (Å²) in [6, 6.07) is 13.9. The van der Waals surface area contributed by atoms with Gasteiger partial charge in [0.05, 0.1) is 24.5 Å². The summed E-state index contributed by atoms with van der Waals surface area (Å²) < 4.78 is 15.3. The number of hydrogen-bond donors (Lipinski definition) is 1. The Kier molecular flexibility index (Phi) is 3.75. The van der Waals surface area contributed by atoms with E-state index in [1.54, 1.807) is 35.1 Å². The molecule has 0 unspecified atom stereocenters. The highest BCUT2D eigenvalue weighted by atomic mass is 19.1. The van der Waals surface area contributed by atoms with Gasteiger partial charge in [-0.1, -0.05) is 24.3 Å². The molecule has 5 heteroatoms. The van der Waals surface area contributed by atoms with Gasteiger partial charge < -0.3 is 5.11 Å². The Balaban J connectivity index is 1.96. The fourth-order valence-corrected chi connectivity index (χ4v) is 2.15. The van der Waals surface area contributed by atoms with Crippen molar-refractivity contribution in [2.75, 3.05) is 0 Å². The van der Waals surface area contributed by atoms with E-state index in [0.29, 0.717) is 17.0 Å². The molecule has 0 aliphatic rings. The molecule has 0 radical (unpaired) electrons. The Labute approximate surface area is 121 Å². The maximum atomic E-state index is 13.7. The first kappa shape index (κ1) is 13.5. The first-order valence-corrected chi connectivity index (χ1v) is 6.60. The van der Waals surface area contributed by atoms with Gasteiger partial charge in [0.2, 0.25) is 0 Å². The lowest BCUT2D eigenvalue weighted by Crippen LogP contribution is -2.07. The van der Waals surface area contributed by atoms with Gasteiger partial charge in [-0.2, -0.15) is 5.10 Å². The topological polar surface area (TPSA) is 50.9 Å². The molecule has 1 aromatic carbocycles. The van der Waals surface area contributed by atoms with Crippen molar-refractivity contribution < 1.29 is 9.50 Å². The molecule has 1 N–H and O–H groups in total. The second-order valence-corrected chi connectivity index (χ2v) is 4.64. The largest absolute Gasteiger partial charge is 0.390 e. The third-order valence-electron chi connectivity index (χ3n) is 3.23. The minimum Gasteiger partial charge on any atom is -0.390 e. The smallest absolute Gasteiger partial charge is 0.128 e. The molecule has 0 aliphatic heterocycles. The molecule has 21 heavy (non-hydrogen) atoms. The second-order valence-electron chi connectivity index (χ2n) is 4.64. The van der Waals surface area contributed by atoms with Crippen LogP contribution in [0, 0.1) is 5.82 Å². The highest BCUT2D eigenvalue weighted by Gasteiger charge is 2.11. The normalized spacial score (nSPS) is 10.8. The fourth-order valence-electron chi connectivity index (χ4n) is 2.15. The van der Waals surface area contributed by atoms with E-state index < -0.39 is 0 Å². The molecule has 0 saturated heterocycles. The van der Waals surface area contributed by atoms with Crippen molar-refractivity contribution in [2.45, 2.75) is 13.2 Å². The van der Waals surface area contributed by atoms with Crippen LogP contribution in [-0.4, -0.2) is 19.9 Å². The number of nitrogens with zero attached hydrogens (tertiary/aromatic N) is 3. The molecule has 3 aromatic rings. The molecule has 0 atom stereocenters. The van der Waals surface area contributed by atoms with Crippen molar-refractivity contribution in [3.8, 4) is 11.4 Å². The zero-order chi connectivity index (χ0) is 14.7. The lowest BCUT2D eigenvalue weighted by atomic mass is 10.2. The van der Waals surface area contributed by atoms with Crippen LogP contribution in [0.4, 0.5) is 4.39 Å². The summed E-state index contributed by atoms with van der Waals surface area (Å²) in [6.07, 6.45) is 1.68.